The van der Waals surface area contributed by atoms with Crippen molar-refractivity contribution in [3.05, 3.63) is 30.1 Å². The molecule has 0 aliphatic carbocycles. The van der Waals surface area contributed by atoms with Gasteiger partial charge in [0.15, 0.2) is 6.20 Å². The summed E-state index contributed by atoms with van der Waals surface area (Å²) in [5.74, 6) is 0. The van der Waals surface area contributed by atoms with Crippen LogP contribution >= 0.6 is 24.0 Å². The molecule has 1 aromatic heterocycles. The maximum Gasteiger partial charge on any atom is 0.229 e. The van der Waals surface area contributed by atoms with E-state index in [0.717, 1.165) is 9.89 Å². The molecule has 0 bridgehead atoms. The predicted octanol–water partition coefficient (Wildman–Crippen LogP) is 2.72. The van der Waals surface area contributed by atoms with Crippen LogP contribution in [0.4, 0.5) is 0 Å². The number of pyridine rings is 1. The van der Waals surface area contributed by atoms with Crippen LogP contribution < -0.4 is 4.57 Å². The summed E-state index contributed by atoms with van der Waals surface area (Å²) in [6.07, 6.45) is 2.02. The second-order valence-electron chi connectivity index (χ2n) is 4.20. The van der Waals surface area contributed by atoms with Crippen molar-refractivity contribution < 1.29 is 4.57 Å². The summed E-state index contributed by atoms with van der Waals surface area (Å²) in [4.78, 5) is 0. The first kappa shape index (κ1) is 11.7. The van der Waals surface area contributed by atoms with E-state index in [4.69, 9.17) is 12.2 Å². The quantitative estimate of drug-likeness (QED) is 0.535. The van der Waals surface area contributed by atoms with Crippen molar-refractivity contribution in [3.63, 3.8) is 0 Å². The van der Waals surface area contributed by atoms with E-state index in [-0.39, 0.29) is 4.75 Å². The first-order valence-corrected chi connectivity index (χ1v) is 5.80. The molecule has 0 amide bonds. The van der Waals surface area contributed by atoms with Gasteiger partial charge in [-0.1, -0.05) is 33.0 Å². The maximum atomic E-state index is 5.40. The van der Waals surface area contributed by atoms with Gasteiger partial charge in [-0.05, 0) is 6.07 Å². The van der Waals surface area contributed by atoms with Crippen molar-refractivity contribution in [3.8, 4) is 0 Å². The average molecular weight is 226 g/mol. The number of hydrogen-bond donors (Lipinski definition) is 0. The molecule has 0 spiro atoms. The summed E-state index contributed by atoms with van der Waals surface area (Å²) < 4.78 is 3.20. The van der Waals surface area contributed by atoms with Gasteiger partial charge < -0.3 is 0 Å². The molecule has 0 atom stereocenters. The normalized spacial score (nSPS) is 11.4. The van der Waals surface area contributed by atoms with E-state index in [0.29, 0.717) is 0 Å². The minimum atomic E-state index is 0.180. The lowest BCUT2D eigenvalue weighted by molar-refractivity contribution is -0.672. The van der Waals surface area contributed by atoms with E-state index in [1.54, 1.807) is 11.8 Å². The second-order valence-corrected chi connectivity index (χ2v) is 6.70. The molecule has 76 valence electrons. The Labute approximate surface area is 95.5 Å². The Morgan fingerprint density at radius 1 is 1.36 bits per heavy atom. The van der Waals surface area contributed by atoms with Gasteiger partial charge in [0.05, 0.1) is 0 Å². The summed E-state index contributed by atoms with van der Waals surface area (Å²) in [7, 11) is 2.02. The summed E-state index contributed by atoms with van der Waals surface area (Å²) >= 11 is 7.13. The summed E-state index contributed by atoms with van der Waals surface area (Å²) in [6.45, 7) is 6.52. The zero-order valence-electron chi connectivity index (χ0n) is 9.07. The van der Waals surface area contributed by atoms with Crippen molar-refractivity contribution in [1.82, 2.24) is 0 Å². The molecule has 14 heavy (non-hydrogen) atoms. The number of nitrogens with zero attached hydrogens (tertiary/aromatic N) is 1. The molecule has 1 heterocycles. The molecule has 0 saturated heterocycles. The zero-order valence-corrected chi connectivity index (χ0v) is 10.7. The molecule has 1 nitrogen and oxygen atoms in total. The Morgan fingerprint density at radius 3 is 2.50 bits per heavy atom. The van der Waals surface area contributed by atoms with Crippen LogP contribution in [-0.4, -0.2) is 8.94 Å². The maximum absolute atomic E-state index is 5.40. The van der Waals surface area contributed by atoms with E-state index in [9.17, 15) is 0 Å². The molecule has 0 fully saturated rings. The number of rotatable bonds is 1. The average Bonchev–Trinajstić information content (AvgIpc) is 2.01. The predicted molar refractivity (Wildman–Crippen MR) is 66.7 cm³/mol. The van der Waals surface area contributed by atoms with Gasteiger partial charge in [0.1, 0.15) is 11.2 Å². The molecule has 0 aliphatic rings. The number of hydrogen-bond acceptors (Lipinski definition) is 2. The molecular formula is C11H16NS2+. The van der Waals surface area contributed by atoms with Crippen LogP contribution in [0.3, 0.4) is 0 Å². The fourth-order valence-corrected chi connectivity index (χ4v) is 2.90. The third-order valence-corrected chi connectivity index (χ3v) is 3.13. The van der Waals surface area contributed by atoms with Crippen LogP contribution in [0.1, 0.15) is 26.5 Å². The van der Waals surface area contributed by atoms with Crippen molar-refractivity contribution in [1.29, 1.82) is 0 Å². The molecule has 3 heteroatoms. The molecule has 1 aromatic rings. The SMILES string of the molecule is C[n+]1ccccc1C(=S)SC(C)(C)C. The minimum absolute atomic E-state index is 0.180. The molecular weight excluding hydrogens is 210 g/mol. The van der Waals surface area contributed by atoms with Crippen molar-refractivity contribution >= 4 is 28.2 Å². The number of aromatic nitrogens is 1. The molecule has 0 saturated carbocycles. The highest BCUT2D eigenvalue weighted by Gasteiger charge is 2.19. The number of thiocarbonyl (C=S) groups is 1. The summed E-state index contributed by atoms with van der Waals surface area (Å²) in [6, 6.07) is 6.08. The van der Waals surface area contributed by atoms with Gasteiger partial charge in [0.2, 0.25) is 5.69 Å². The zero-order chi connectivity index (χ0) is 10.8. The molecule has 0 unspecified atom stereocenters. The molecule has 1 rings (SSSR count). The standard InChI is InChI=1S/C11H16NS2/c1-11(2,3)14-10(13)9-7-5-6-8-12(9)4/h5-8H,1-4H3/q+1. The van der Waals surface area contributed by atoms with Crippen LogP contribution in [-0.2, 0) is 7.05 Å². The highest BCUT2D eigenvalue weighted by atomic mass is 32.2. The van der Waals surface area contributed by atoms with Gasteiger partial charge in [-0.3, -0.25) is 0 Å². The fraction of sp³-hybridized carbons (Fsp3) is 0.455. The van der Waals surface area contributed by atoms with Gasteiger partial charge in [-0.25, -0.2) is 0 Å². The molecule has 0 aromatic carbocycles. The molecule has 0 N–H and O–H groups in total. The lowest BCUT2D eigenvalue weighted by Gasteiger charge is -2.16. The Kier molecular flexibility index (Phi) is 3.67. The first-order valence-electron chi connectivity index (χ1n) is 4.58. The van der Waals surface area contributed by atoms with Crippen LogP contribution in [0.2, 0.25) is 0 Å². The Bertz CT molecular complexity index is 339. The van der Waals surface area contributed by atoms with Crippen molar-refractivity contribution in [2.75, 3.05) is 0 Å². The number of aryl methyl sites for hydroxylation is 1. The van der Waals surface area contributed by atoms with Gasteiger partial charge in [0, 0.05) is 16.9 Å². The third-order valence-electron chi connectivity index (χ3n) is 1.66. The van der Waals surface area contributed by atoms with Gasteiger partial charge in [-0.2, -0.15) is 4.57 Å². The van der Waals surface area contributed by atoms with Crippen LogP contribution in [0.5, 0.6) is 0 Å². The summed E-state index contributed by atoms with van der Waals surface area (Å²) in [5.41, 5.74) is 1.11. The van der Waals surface area contributed by atoms with Gasteiger partial charge in [-0.15, -0.1) is 11.8 Å². The van der Waals surface area contributed by atoms with Crippen molar-refractivity contribution in [2.24, 2.45) is 7.05 Å². The van der Waals surface area contributed by atoms with E-state index in [1.807, 2.05) is 25.4 Å². The summed E-state index contributed by atoms with van der Waals surface area (Å²) in [5, 5.41) is 0. The van der Waals surface area contributed by atoms with Gasteiger partial charge >= 0.3 is 0 Å². The molecule has 0 radical (unpaired) electrons. The Balaban J connectivity index is 2.86. The topological polar surface area (TPSA) is 3.88 Å². The Morgan fingerprint density at radius 2 is 2.00 bits per heavy atom. The van der Waals surface area contributed by atoms with Gasteiger partial charge in [0.25, 0.3) is 0 Å². The lowest BCUT2D eigenvalue weighted by atomic mass is 10.3. The van der Waals surface area contributed by atoms with Crippen molar-refractivity contribution in [2.45, 2.75) is 25.5 Å². The second kappa shape index (κ2) is 4.41. The van der Waals surface area contributed by atoms with Crippen LogP contribution in [0, 0.1) is 0 Å². The van der Waals surface area contributed by atoms with Crippen LogP contribution in [0.25, 0.3) is 0 Å². The van der Waals surface area contributed by atoms with E-state index < -0.39 is 0 Å². The highest BCUT2D eigenvalue weighted by molar-refractivity contribution is 8.24. The van der Waals surface area contributed by atoms with Crippen LogP contribution in [0.15, 0.2) is 24.4 Å². The largest absolute Gasteiger partial charge is 0.229 e. The smallest absolute Gasteiger partial charge is 0.200 e. The lowest BCUT2D eigenvalue weighted by Crippen LogP contribution is -2.35. The van der Waals surface area contributed by atoms with E-state index in [1.165, 1.54) is 0 Å². The van der Waals surface area contributed by atoms with E-state index in [2.05, 4.69) is 31.4 Å². The third kappa shape index (κ3) is 3.39. The van der Waals surface area contributed by atoms with E-state index >= 15 is 0 Å². The minimum Gasteiger partial charge on any atom is -0.200 e. The Hall–Kier alpha value is -0.410. The first-order chi connectivity index (χ1) is 6.40. The fourth-order valence-electron chi connectivity index (χ4n) is 1.07. The highest BCUT2D eigenvalue weighted by Crippen LogP contribution is 2.26. The molecule has 0 aliphatic heterocycles. The number of thioether (sulfide) groups is 1. The monoisotopic (exact) mass is 226 g/mol.